The molecule has 0 radical (unpaired) electrons. The number of piperidine rings is 1. The van der Waals surface area contributed by atoms with Gasteiger partial charge in [0.05, 0.1) is 0 Å². The van der Waals surface area contributed by atoms with E-state index in [-0.39, 0.29) is 23.8 Å². The van der Waals surface area contributed by atoms with Crippen molar-refractivity contribution in [3.05, 3.63) is 84.4 Å². The highest BCUT2D eigenvalue weighted by Crippen LogP contribution is 2.32. The van der Waals surface area contributed by atoms with Crippen LogP contribution in [0, 0.1) is 11.8 Å². The topological polar surface area (TPSA) is 47.6 Å². The van der Waals surface area contributed by atoms with E-state index < -0.39 is 0 Å². The molecule has 5 nitrogen and oxygen atoms in total. The van der Waals surface area contributed by atoms with Gasteiger partial charge < -0.3 is 15.5 Å². The van der Waals surface area contributed by atoms with Gasteiger partial charge in [-0.1, -0.05) is 63.0 Å². The molecule has 1 heterocycles. The smallest absolute Gasteiger partial charge is 0.253 e. The van der Waals surface area contributed by atoms with Gasteiger partial charge in [-0.2, -0.15) is 0 Å². The summed E-state index contributed by atoms with van der Waals surface area (Å²) < 4.78 is 0. The molecule has 0 bridgehead atoms. The molecule has 0 aromatic rings. The average molecular weight is 437 g/mol. The summed E-state index contributed by atoms with van der Waals surface area (Å²) in [6.45, 7) is 18.4. The molecule has 0 aromatic heterocycles. The Morgan fingerprint density at radius 3 is 2.72 bits per heavy atom. The number of nitrogens with zero attached hydrogens (tertiary/aromatic N) is 2. The summed E-state index contributed by atoms with van der Waals surface area (Å²) in [6.07, 6.45) is 16.3. The third-order valence-electron chi connectivity index (χ3n) is 6.48. The summed E-state index contributed by atoms with van der Waals surface area (Å²) in [7, 11) is 4.31. The van der Waals surface area contributed by atoms with Crippen LogP contribution in [0.2, 0.25) is 0 Å². The van der Waals surface area contributed by atoms with Crippen molar-refractivity contribution in [2.24, 2.45) is 11.8 Å². The van der Waals surface area contributed by atoms with Gasteiger partial charge in [-0.25, -0.2) is 0 Å². The number of likely N-dealkylation sites (N-methyl/N-ethyl adjacent to an activating group) is 2. The van der Waals surface area contributed by atoms with Crippen molar-refractivity contribution >= 4 is 5.91 Å². The zero-order valence-electron chi connectivity index (χ0n) is 20.6. The Bertz CT molecular complexity index is 861. The van der Waals surface area contributed by atoms with Crippen molar-refractivity contribution in [1.29, 1.82) is 0 Å². The van der Waals surface area contributed by atoms with E-state index >= 15 is 0 Å². The summed E-state index contributed by atoms with van der Waals surface area (Å²) in [5.74, 6) is -0.0585. The largest absolute Gasteiger partial charge is 0.361 e. The number of amides is 1. The van der Waals surface area contributed by atoms with Gasteiger partial charge in [-0.3, -0.25) is 9.69 Å². The molecule has 4 atom stereocenters. The third-order valence-corrected chi connectivity index (χ3v) is 6.48. The second-order valence-electron chi connectivity index (χ2n) is 8.88. The van der Waals surface area contributed by atoms with E-state index in [1.54, 1.807) is 0 Å². The van der Waals surface area contributed by atoms with Gasteiger partial charge in [-0.15, -0.1) is 0 Å². The zero-order valence-corrected chi connectivity index (χ0v) is 20.6. The first-order chi connectivity index (χ1) is 15.2. The van der Waals surface area contributed by atoms with Crippen LogP contribution in [0.15, 0.2) is 84.4 Å². The van der Waals surface area contributed by atoms with Gasteiger partial charge in [0.15, 0.2) is 0 Å². The molecule has 32 heavy (non-hydrogen) atoms. The fraction of sp³-hybridized carbons (Fsp3) is 0.444. The Labute approximate surface area is 194 Å². The molecule has 1 saturated heterocycles. The highest BCUT2D eigenvalue weighted by molar-refractivity contribution is 5.96. The average Bonchev–Trinajstić information content (AvgIpc) is 3.01. The van der Waals surface area contributed by atoms with E-state index in [0.29, 0.717) is 11.6 Å². The van der Waals surface area contributed by atoms with Gasteiger partial charge in [0, 0.05) is 53.6 Å². The SMILES string of the molecule is C=C/C(C)=C\C1/C(=C/NC2=CC=CC(N(C)C(C)CN(C)CC)C=C2)C(=O)NC(=C)C1C. The van der Waals surface area contributed by atoms with Crippen LogP contribution in [0.5, 0.6) is 0 Å². The van der Waals surface area contributed by atoms with Crippen LogP contribution in [-0.4, -0.2) is 55.0 Å². The lowest BCUT2D eigenvalue weighted by atomic mass is 9.80. The molecule has 0 aromatic carbocycles. The van der Waals surface area contributed by atoms with Crippen LogP contribution in [0.4, 0.5) is 0 Å². The van der Waals surface area contributed by atoms with Crippen molar-refractivity contribution in [2.45, 2.75) is 39.8 Å². The fourth-order valence-electron chi connectivity index (χ4n) is 3.84. The minimum absolute atomic E-state index is 0.0528. The van der Waals surface area contributed by atoms with Crippen LogP contribution >= 0.6 is 0 Å². The van der Waals surface area contributed by atoms with Crippen molar-refractivity contribution in [3.8, 4) is 0 Å². The molecule has 5 heteroatoms. The number of carbonyl (C=O) groups excluding carboxylic acids is 1. The lowest BCUT2D eigenvalue weighted by molar-refractivity contribution is -0.118. The maximum atomic E-state index is 12.7. The standard InChI is InChI=1S/C27H40N4O/c1-9-19(3)16-25-21(5)22(6)29-27(32)26(25)17-28-23-12-11-13-24(15-14-23)31(8)20(4)18-30(7)10-2/h9,11-17,20-21,24-25,28H,1,6,10,18H2,2-5,7-8H3,(H,29,32)/b19-16-,26-17-. The molecule has 174 valence electrons. The monoisotopic (exact) mass is 436 g/mol. The molecule has 2 aliphatic rings. The number of rotatable bonds is 9. The minimum Gasteiger partial charge on any atom is -0.361 e. The molecule has 1 amide bonds. The van der Waals surface area contributed by atoms with Crippen LogP contribution in [0.25, 0.3) is 0 Å². The Kier molecular flexibility index (Phi) is 9.48. The quantitative estimate of drug-likeness (QED) is 0.421. The lowest BCUT2D eigenvalue weighted by Crippen LogP contribution is -2.43. The van der Waals surface area contributed by atoms with Crippen LogP contribution in [-0.2, 0) is 4.79 Å². The number of hydrogen-bond acceptors (Lipinski definition) is 4. The van der Waals surface area contributed by atoms with Crippen molar-refractivity contribution < 1.29 is 4.79 Å². The summed E-state index contributed by atoms with van der Waals surface area (Å²) in [5, 5.41) is 6.23. The predicted molar refractivity (Wildman–Crippen MR) is 136 cm³/mol. The van der Waals surface area contributed by atoms with E-state index in [4.69, 9.17) is 0 Å². The van der Waals surface area contributed by atoms with Crippen molar-refractivity contribution in [2.75, 3.05) is 27.2 Å². The number of hydrogen-bond donors (Lipinski definition) is 2. The van der Waals surface area contributed by atoms with Gasteiger partial charge in [0.2, 0.25) is 0 Å². The Morgan fingerprint density at radius 1 is 1.34 bits per heavy atom. The molecule has 2 N–H and O–H groups in total. The lowest BCUT2D eigenvalue weighted by Gasteiger charge is -2.32. The highest BCUT2D eigenvalue weighted by Gasteiger charge is 2.32. The minimum atomic E-state index is -0.112. The second kappa shape index (κ2) is 11.8. The summed E-state index contributed by atoms with van der Waals surface area (Å²) >= 11 is 0. The van der Waals surface area contributed by atoms with E-state index in [1.165, 1.54) is 0 Å². The molecule has 1 aliphatic carbocycles. The maximum absolute atomic E-state index is 12.7. The van der Waals surface area contributed by atoms with Crippen molar-refractivity contribution in [1.82, 2.24) is 20.4 Å². The van der Waals surface area contributed by atoms with Crippen LogP contribution in [0.1, 0.15) is 27.7 Å². The third kappa shape index (κ3) is 6.68. The van der Waals surface area contributed by atoms with E-state index in [0.717, 1.165) is 30.1 Å². The Balaban J connectivity index is 2.15. The summed E-state index contributed by atoms with van der Waals surface area (Å²) in [5.41, 5.74) is 3.42. The van der Waals surface area contributed by atoms with Crippen LogP contribution in [0.3, 0.4) is 0 Å². The maximum Gasteiger partial charge on any atom is 0.253 e. The Hall–Kier alpha value is -2.63. The first-order valence-electron chi connectivity index (χ1n) is 11.4. The van der Waals surface area contributed by atoms with E-state index in [2.05, 4.69) is 98.8 Å². The fourth-order valence-corrected chi connectivity index (χ4v) is 3.84. The molecule has 2 rings (SSSR count). The number of carbonyl (C=O) groups is 1. The van der Waals surface area contributed by atoms with E-state index in [9.17, 15) is 4.79 Å². The molecular weight excluding hydrogens is 396 g/mol. The molecule has 1 fully saturated rings. The number of nitrogens with one attached hydrogen (secondary N) is 2. The Morgan fingerprint density at radius 2 is 2.06 bits per heavy atom. The highest BCUT2D eigenvalue weighted by atomic mass is 16.1. The molecular formula is C27H40N4O. The molecule has 1 aliphatic heterocycles. The van der Waals surface area contributed by atoms with Gasteiger partial charge in [-0.05, 0) is 46.6 Å². The first-order valence-corrected chi connectivity index (χ1v) is 11.4. The molecule has 0 saturated carbocycles. The normalized spacial score (nSPS) is 26.2. The van der Waals surface area contributed by atoms with Gasteiger partial charge >= 0.3 is 0 Å². The number of allylic oxidation sites excluding steroid dienone is 7. The molecule has 4 unspecified atom stereocenters. The van der Waals surface area contributed by atoms with E-state index in [1.807, 2.05) is 25.3 Å². The van der Waals surface area contributed by atoms with Gasteiger partial charge in [0.1, 0.15) is 0 Å². The van der Waals surface area contributed by atoms with Crippen LogP contribution < -0.4 is 10.6 Å². The second-order valence-corrected chi connectivity index (χ2v) is 8.88. The van der Waals surface area contributed by atoms with Gasteiger partial charge in [0.25, 0.3) is 5.91 Å². The zero-order chi connectivity index (χ0) is 23.8. The summed E-state index contributed by atoms with van der Waals surface area (Å²) in [6, 6.07) is 0.641. The molecule has 0 spiro atoms. The van der Waals surface area contributed by atoms with Crippen molar-refractivity contribution in [3.63, 3.8) is 0 Å². The predicted octanol–water partition coefficient (Wildman–Crippen LogP) is 4.14. The summed E-state index contributed by atoms with van der Waals surface area (Å²) in [4.78, 5) is 17.4. The first kappa shape index (κ1) is 25.6.